The molecule has 0 aromatic heterocycles. The Labute approximate surface area is 149 Å². The van der Waals surface area contributed by atoms with Gasteiger partial charge in [-0.1, -0.05) is 20.4 Å². The van der Waals surface area contributed by atoms with Gasteiger partial charge in [-0.05, 0) is 55.0 Å². The van der Waals surface area contributed by atoms with E-state index >= 15 is 0 Å². The van der Waals surface area contributed by atoms with Crippen molar-refractivity contribution in [2.24, 2.45) is 0 Å². The Morgan fingerprint density at radius 3 is 2.33 bits per heavy atom. The summed E-state index contributed by atoms with van der Waals surface area (Å²) in [6.45, 7) is 1.89. The van der Waals surface area contributed by atoms with Crippen LogP contribution in [0.25, 0.3) is 0 Å². The summed E-state index contributed by atoms with van der Waals surface area (Å²) in [6, 6.07) is 11.2. The van der Waals surface area contributed by atoms with E-state index in [9.17, 15) is 13.2 Å². The molecule has 0 saturated carbocycles. The molecular weight excluding hydrogens is 396 g/mol. The molecule has 0 unspecified atom stereocenters. The second-order valence-electron chi connectivity index (χ2n) is 5.04. The Kier molecular flexibility index (Phi) is 5.76. The lowest BCUT2D eigenvalue weighted by atomic mass is 10.1. The minimum atomic E-state index is -3.73. The number of carbonyl (C=O) groups excluding carboxylic acids is 1. The number of hydroxylamine groups is 1. The molecule has 1 amide bonds. The third kappa shape index (κ3) is 4.02. The molecule has 0 heterocycles. The summed E-state index contributed by atoms with van der Waals surface area (Å²) in [6.07, 6.45) is 0. The molecule has 0 aliphatic heterocycles. The van der Waals surface area contributed by atoms with Crippen molar-refractivity contribution in [3.8, 4) is 0 Å². The number of aryl methyl sites for hydroxylation is 1. The van der Waals surface area contributed by atoms with E-state index in [0.717, 1.165) is 14.5 Å². The number of anilines is 1. The van der Waals surface area contributed by atoms with E-state index in [0.29, 0.717) is 11.3 Å². The van der Waals surface area contributed by atoms with E-state index in [4.69, 9.17) is 4.84 Å². The van der Waals surface area contributed by atoms with Crippen molar-refractivity contribution in [1.29, 1.82) is 0 Å². The molecule has 128 valence electrons. The number of hydrogen-bond donors (Lipinski definition) is 1. The fourth-order valence-corrected chi connectivity index (χ4v) is 3.44. The van der Waals surface area contributed by atoms with Crippen molar-refractivity contribution >= 4 is 37.5 Å². The van der Waals surface area contributed by atoms with Gasteiger partial charge in [0.15, 0.2) is 0 Å². The molecule has 2 rings (SSSR count). The van der Waals surface area contributed by atoms with Crippen molar-refractivity contribution in [3.63, 3.8) is 0 Å². The lowest BCUT2D eigenvalue weighted by Gasteiger charge is -2.14. The zero-order valence-electron chi connectivity index (χ0n) is 13.4. The second-order valence-corrected chi connectivity index (χ2v) is 7.89. The van der Waals surface area contributed by atoms with E-state index in [1.165, 1.54) is 38.4 Å². The first kappa shape index (κ1) is 18.6. The van der Waals surface area contributed by atoms with Gasteiger partial charge in [0.1, 0.15) is 0 Å². The fraction of sp³-hybridized carbons (Fsp3) is 0.188. The second kappa shape index (κ2) is 7.43. The summed E-state index contributed by atoms with van der Waals surface area (Å²) in [7, 11) is -1.17. The van der Waals surface area contributed by atoms with E-state index in [1.54, 1.807) is 6.07 Å². The first-order chi connectivity index (χ1) is 11.3. The number of halogens is 1. The van der Waals surface area contributed by atoms with E-state index in [2.05, 4.69) is 21.2 Å². The maximum atomic E-state index is 12.3. The smallest absolute Gasteiger partial charge is 0.264 e. The Hall–Kier alpha value is -1.74. The van der Waals surface area contributed by atoms with Gasteiger partial charge in [0, 0.05) is 22.8 Å². The SMILES string of the molecule is CON(C)S(=O)(=O)c1ccc(C(=O)Nc2ccc(Br)cc2C)cc1. The van der Waals surface area contributed by atoms with Gasteiger partial charge in [0.05, 0.1) is 12.0 Å². The average Bonchev–Trinajstić information content (AvgIpc) is 2.56. The Bertz CT molecular complexity index is 851. The van der Waals surface area contributed by atoms with Crippen molar-refractivity contribution < 1.29 is 18.0 Å². The normalized spacial score (nSPS) is 11.5. The van der Waals surface area contributed by atoms with Gasteiger partial charge in [-0.3, -0.25) is 9.63 Å². The van der Waals surface area contributed by atoms with Crippen LogP contribution < -0.4 is 5.32 Å². The molecule has 6 nitrogen and oxygen atoms in total. The molecule has 0 spiro atoms. The fourth-order valence-electron chi connectivity index (χ4n) is 1.99. The minimum Gasteiger partial charge on any atom is -0.322 e. The summed E-state index contributed by atoms with van der Waals surface area (Å²) < 4.78 is 25.9. The standard InChI is InChI=1S/C16H17BrN2O4S/c1-11-10-13(17)6-9-15(11)18-16(20)12-4-7-14(8-5-12)24(21,22)19(2)23-3/h4-10H,1-3H3,(H,18,20). The highest BCUT2D eigenvalue weighted by Crippen LogP contribution is 2.21. The Morgan fingerprint density at radius 1 is 1.17 bits per heavy atom. The van der Waals surface area contributed by atoms with Crippen LogP contribution in [0.5, 0.6) is 0 Å². The molecule has 1 N–H and O–H groups in total. The quantitative estimate of drug-likeness (QED) is 0.764. The van der Waals surface area contributed by atoms with Crippen LogP contribution in [0, 0.1) is 6.92 Å². The summed E-state index contributed by atoms with van der Waals surface area (Å²) >= 11 is 3.37. The van der Waals surface area contributed by atoms with Crippen molar-refractivity contribution in [1.82, 2.24) is 4.47 Å². The minimum absolute atomic E-state index is 0.0447. The van der Waals surface area contributed by atoms with Gasteiger partial charge in [0.2, 0.25) is 0 Å². The predicted molar refractivity (Wildman–Crippen MR) is 95.2 cm³/mol. The number of amides is 1. The Balaban J connectivity index is 2.20. The summed E-state index contributed by atoms with van der Waals surface area (Å²) in [5.41, 5.74) is 1.97. The molecule has 24 heavy (non-hydrogen) atoms. The largest absolute Gasteiger partial charge is 0.322 e. The highest BCUT2D eigenvalue weighted by atomic mass is 79.9. The molecule has 2 aromatic carbocycles. The monoisotopic (exact) mass is 412 g/mol. The number of nitrogens with zero attached hydrogens (tertiary/aromatic N) is 1. The maximum absolute atomic E-state index is 12.3. The lowest BCUT2D eigenvalue weighted by molar-refractivity contribution is -0.0258. The molecule has 0 saturated heterocycles. The van der Waals surface area contributed by atoms with Crippen LogP contribution in [0.4, 0.5) is 5.69 Å². The van der Waals surface area contributed by atoms with Crippen LogP contribution >= 0.6 is 15.9 Å². The lowest BCUT2D eigenvalue weighted by Crippen LogP contribution is -2.25. The number of sulfonamides is 1. The van der Waals surface area contributed by atoms with Crippen LogP contribution in [-0.4, -0.2) is 33.0 Å². The van der Waals surface area contributed by atoms with E-state index < -0.39 is 10.0 Å². The van der Waals surface area contributed by atoms with Crippen molar-refractivity contribution in [2.45, 2.75) is 11.8 Å². The highest BCUT2D eigenvalue weighted by molar-refractivity contribution is 9.10. The summed E-state index contributed by atoms with van der Waals surface area (Å²) in [4.78, 5) is 17.1. The number of rotatable bonds is 5. The molecule has 0 aliphatic carbocycles. The van der Waals surface area contributed by atoms with Gasteiger partial charge < -0.3 is 5.32 Å². The van der Waals surface area contributed by atoms with E-state index in [-0.39, 0.29) is 10.8 Å². The zero-order chi connectivity index (χ0) is 17.9. The van der Waals surface area contributed by atoms with Gasteiger partial charge in [-0.2, -0.15) is 0 Å². The number of benzene rings is 2. The molecular formula is C16H17BrN2O4S. The highest BCUT2D eigenvalue weighted by Gasteiger charge is 2.21. The third-order valence-electron chi connectivity index (χ3n) is 3.45. The molecule has 0 atom stereocenters. The van der Waals surface area contributed by atoms with Crippen LogP contribution in [0.2, 0.25) is 0 Å². The van der Waals surface area contributed by atoms with E-state index in [1.807, 2.05) is 19.1 Å². The Morgan fingerprint density at radius 2 is 1.79 bits per heavy atom. The van der Waals surface area contributed by atoms with Crippen LogP contribution in [0.1, 0.15) is 15.9 Å². The topological polar surface area (TPSA) is 75.7 Å². The molecule has 0 fully saturated rings. The summed E-state index contributed by atoms with van der Waals surface area (Å²) in [5, 5.41) is 2.80. The van der Waals surface area contributed by atoms with Gasteiger partial charge >= 0.3 is 0 Å². The first-order valence-corrected chi connectivity index (χ1v) is 9.19. The van der Waals surface area contributed by atoms with Gasteiger partial charge in [-0.15, -0.1) is 0 Å². The molecule has 2 aromatic rings. The number of hydrogen-bond acceptors (Lipinski definition) is 4. The predicted octanol–water partition coefficient (Wildman–Crippen LogP) is 3.19. The maximum Gasteiger partial charge on any atom is 0.264 e. The third-order valence-corrected chi connectivity index (χ3v) is 5.63. The molecule has 0 radical (unpaired) electrons. The summed E-state index contributed by atoms with van der Waals surface area (Å²) in [5.74, 6) is -0.315. The number of nitrogens with one attached hydrogen (secondary N) is 1. The van der Waals surface area contributed by atoms with Crippen molar-refractivity contribution in [3.05, 3.63) is 58.1 Å². The molecule has 8 heteroatoms. The molecule has 0 aliphatic rings. The van der Waals surface area contributed by atoms with Gasteiger partial charge in [0.25, 0.3) is 15.9 Å². The molecule has 0 bridgehead atoms. The van der Waals surface area contributed by atoms with Crippen LogP contribution in [-0.2, 0) is 14.9 Å². The number of carbonyl (C=O) groups is 1. The first-order valence-electron chi connectivity index (χ1n) is 6.96. The van der Waals surface area contributed by atoms with Crippen molar-refractivity contribution in [2.75, 3.05) is 19.5 Å². The van der Waals surface area contributed by atoms with Crippen LogP contribution in [0.3, 0.4) is 0 Å². The van der Waals surface area contributed by atoms with Gasteiger partial charge in [-0.25, -0.2) is 8.42 Å². The zero-order valence-corrected chi connectivity index (χ0v) is 15.8. The average molecular weight is 413 g/mol. The van der Waals surface area contributed by atoms with Crippen LogP contribution in [0.15, 0.2) is 51.8 Å².